The molecule has 3 nitrogen and oxygen atoms in total. The summed E-state index contributed by atoms with van der Waals surface area (Å²) in [6, 6.07) is 1.46. The second-order valence-corrected chi connectivity index (χ2v) is 5.93. The first kappa shape index (κ1) is 14.3. The Hall–Kier alpha value is -0.120. The van der Waals surface area contributed by atoms with Gasteiger partial charge in [0, 0.05) is 31.2 Å². The summed E-state index contributed by atoms with van der Waals surface area (Å²) in [6.45, 7) is 6.74. The van der Waals surface area contributed by atoms with E-state index in [1.165, 1.54) is 51.6 Å². The highest BCUT2D eigenvalue weighted by Gasteiger charge is 2.29. The van der Waals surface area contributed by atoms with Crippen LogP contribution in [0.1, 0.15) is 45.4 Å². The summed E-state index contributed by atoms with van der Waals surface area (Å²) in [6.07, 6.45) is 8.10. The highest BCUT2D eigenvalue weighted by atomic mass is 16.5. The van der Waals surface area contributed by atoms with Gasteiger partial charge in [-0.05, 0) is 39.3 Å². The van der Waals surface area contributed by atoms with E-state index >= 15 is 0 Å². The normalized spacial score (nSPS) is 35.3. The molecule has 1 N–H and O–H groups in total. The Balaban J connectivity index is 1.91. The molecule has 0 spiro atoms. The van der Waals surface area contributed by atoms with Gasteiger partial charge in [0.1, 0.15) is 0 Å². The second-order valence-electron chi connectivity index (χ2n) is 5.93. The minimum absolute atomic E-state index is 0.652. The van der Waals surface area contributed by atoms with Crippen molar-refractivity contribution in [1.29, 1.82) is 0 Å². The largest absolute Gasteiger partial charge is 0.381 e. The van der Waals surface area contributed by atoms with Gasteiger partial charge in [-0.2, -0.15) is 0 Å². The highest BCUT2D eigenvalue weighted by molar-refractivity contribution is 4.84. The predicted octanol–water partition coefficient (Wildman–Crippen LogP) is 2.27. The van der Waals surface area contributed by atoms with Crippen LogP contribution in [0.4, 0.5) is 0 Å². The Kier molecular flexibility index (Phi) is 5.93. The van der Waals surface area contributed by atoms with Gasteiger partial charge in [-0.1, -0.05) is 19.8 Å². The second kappa shape index (κ2) is 7.46. The molecule has 2 aliphatic heterocycles. The maximum absolute atomic E-state index is 5.69. The Labute approximate surface area is 112 Å². The monoisotopic (exact) mass is 254 g/mol. The van der Waals surface area contributed by atoms with Crippen LogP contribution < -0.4 is 5.32 Å². The SMILES string of the molecule is CCC1CCCCCN1CC1COCCC1NC. The number of likely N-dealkylation sites (tertiary alicyclic amines) is 1. The minimum atomic E-state index is 0.652. The molecule has 2 heterocycles. The van der Waals surface area contributed by atoms with Gasteiger partial charge < -0.3 is 10.1 Å². The lowest BCUT2D eigenvalue weighted by atomic mass is 9.94. The summed E-state index contributed by atoms with van der Waals surface area (Å²) in [5.41, 5.74) is 0. The van der Waals surface area contributed by atoms with Gasteiger partial charge in [-0.25, -0.2) is 0 Å². The van der Waals surface area contributed by atoms with Crippen LogP contribution in [0.5, 0.6) is 0 Å². The molecule has 0 saturated carbocycles. The molecule has 18 heavy (non-hydrogen) atoms. The van der Waals surface area contributed by atoms with Gasteiger partial charge in [0.2, 0.25) is 0 Å². The summed E-state index contributed by atoms with van der Waals surface area (Å²) >= 11 is 0. The average Bonchev–Trinajstić information content (AvgIpc) is 2.64. The molecule has 0 amide bonds. The first-order chi connectivity index (χ1) is 8.85. The Morgan fingerprint density at radius 2 is 2.11 bits per heavy atom. The topological polar surface area (TPSA) is 24.5 Å². The molecule has 2 saturated heterocycles. The van der Waals surface area contributed by atoms with Crippen LogP contribution in [0, 0.1) is 5.92 Å². The summed E-state index contributed by atoms with van der Waals surface area (Å²) in [5, 5.41) is 3.49. The van der Waals surface area contributed by atoms with Crippen LogP contribution in [-0.2, 0) is 4.74 Å². The van der Waals surface area contributed by atoms with E-state index in [-0.39, 0.29) is 0 Å². The molecule has 0 aromatic rings. The van der Waals surface area contributed by atoms with Gasteiger partial charge in [0.25, 0.3) is 0 Å². The zero-order valence-electron chi connectivity index (χ0n) is 12.2. The van der Waals surface area contributed by atoms with Gasteiger partial charge in [-0.3, -0.25) is 4.90 Å². The number of hydrogen-bond acceptors (Lipinski definition) is 3. The summed E-state index contributed by atoms with van der Waals surface area (Å²) in [7, 11) is 2.10. The van der Waals surface area contributed by atoms with E-state index in [9.17, 15) is 0 Å². The maximum atomic E-state index is 5.69. The van der Waals surface area contributed by atoms with E-state index in [2.05, 4.69) is 24.2 Å². The quantitative estimate of drug-likeness (QED) is 0.833. The Morgan fingerprint density at radius 1 is 1.22 bits per heavy atom. The van der Waals surface area contributed by atoms with Crippen molar-refractivity contribution in [2.24, 2.45) is 5.92 Å². The molecule has 0 radical (unpaired) electrons. The molecule has 2 fully saturated rings. The zero-order chi connectivity index (χ0) is 12.8. The summed E-state index contributed by atoms with van der Waals surface area (Å²) < 4.78 is 5.69. The Morgan fingerprint density at radius 3 is 2.89 bits per heavy atom. The molecule has 3 heteroatoms. The Bertz CT molecular complexity index is 235. The number of hydrogen-bond donors (Lipinski definition) is 1. The molecule has 2 aliphatic rings. The zero-order valence-corrected chi connectivity index (χ0v) is 12.2. The molecule has 2 rings (SSSR count). The van der Waals surface area contributed by atoms with Crippen molar-refractivity contribution in [3.8, 4) is 0 Å². The van der Waals surface area contributed by atoms with Crippen LogP contribution in [0.3, 0.4) is 0 Å². The smallest absolute Gasteiger partial charge is 0.0521 e. The fourth-order valence-corrected chi connectivity index (χ4v) is 3.60. The molecular formula is C15H30N2O. The molecule has 106 valence electrons. The molecular weight excluding hydrogens is 224 g/mol. The predicted molar refractivity (Wildman–Crippen MR) is 75.9 cm³/mol. The third-order valence-corrected chi connectivity index (χ3v) is 4.78. The number of nitrogens with one attached hydrogen (secondary N) is 1. The van der Waals surface area contributed by atoms with Crippen LogP contribution in [0.2, 0.25) is 0 Å². The van der Waals surface area contributed by atoms with Crippen molar-refractivity contribution in [2.45, 2.75) is 57.5 Å². The first-order valence-electron chi connectivity index (χ1n) is 7.84. The van der Waals surface area contributed by atoms with Crippen molar-refractivity contribution in [3.05, 3.63) is 0 Å². The third-order valence-electron chi connectivity index (χ3n) is 4.78. The fourth-order valence-electron chi connectivity index (χ4n) is 3.60. The summed E-state index contributed by atoms with van der Waals surface area (Å²) in [4.78, 5) is 2.75. The maximum Gasteiger partial charge on any atom is 0.0521 e. The van der Waals surface area contributed by atoms with Crippen LogP contribution >= 0.6 is 0 Å². The standard InChI is InChI=1S/C15H30N2O/c1-3-14-7-5-4-6-9-17(14)11-13-12-18-10-8-15(13)16-2/h13-16H,3-12H2,1-2H3. The summed E-state index contributed by atoms with van der Waals surface area (Å²) in [5.74, 6) is 0.677. The van der Waals surface area contributed by atoms with Crippen molar-refractivity contribution in [3.63, 3.8) is 0 Å². The molecule has 3 atom stereocenters. The van der Waals surface area contributed by atoms with Gasteiger partial charge in [-0.15, -0.1) is 0 Å². The van der Waals surface area contributed by atoms with Gasteiger partial charge in [0.05, 0.1) is 6.61 Å². The van der Waals surface area contributed by atoms with Gasteiger partial charge in [0.15, 0.2) is 0 Å². The highest BCUT2D eigenvalue weighted by Crippen LogP contribution is 2.23. The molecule has 0 aromatic carbocycles. The van der Waals surface area contributed by atoms with E-state index in [0.29, 0.717) is 12.0 Å². The third kappa shape index (κ3) is 3.69. The fraction of sp³-hybridized carbons (Fsp3) is 1.00. The van der Waals surface area contributed by atoms with Crippen LogP contribution in [-0.4, -0.2) is 50.3 Å². The van der Waals surface area contributed by atoms with Crippen molar-refractivity contribution in [2.75, 3.05) is 33.4 Å². The lowest BCUT2D eigenvalue weighted by molar-refractivity contribution is 0.0117. The van der Waals surface area contributed by atoms with E-state index in [0.717, 1.165) is 19.3 Å². The number of nitrogens with zero attached hydrogens (tertiary/aromatic N) is 1. The average molecular weight is 254 g/mol. The number of rotatable bonds is 4. The molecule has 0 aliphatic carbocycles. The lowest BCUT2D eigenvalue weighted by Crippen LogP contribution is -2.48. The molecule has 3 unspecified atom stereocenters. The minimum Gasteiger partial charge on any atom is -0.381 e. The van der Waals surface area contributed by atoms with Crippen molar-refractivity contribution < 1.29 is 4.74 Å². The molecule has 0 bridgehead atoms. The van der Waals surface area contributed by atoms with E-state index in [1.54, 1.807) is 0 Å². The van der Waals surface area contributed by atoms with E-state index < -0.39 is 0 Å². The number of ether oxygens (including phenoxy) is 1. The first-order valence-corrected chi connectivity index (χ1v) is 7.84. The lowest BCUT2D eigenvalue weighted by Gasteiger charge is -2.38. The van der Waals surface area contributed by atoms with E-state index in [1.807, 2.05) is 0 Å². The van der Waals surface area contributed by atoms with Crippen LogP contribution in [0.25, 0.3) is 0 Å². The van der Waals surface area contributed by atoms with Crippen molar-refractivity contribution in [1.82, 2.24) is 10.2 Å². The van der Waals surface area contributed by atoms with Gasteiger partial charge >= 0.3 is 0 Å². The van der Waals surface area contributed by atoms with Crippen LogP contribution in [0.15, 0.2) is 0 Å². The van der Waals surface area contributed by atoms with Crippen molar-refractivity contribution >= 4 is 0 Å². The molecule has 0 aromatic heterocycles. The van der Waals surface area contributed by atoms with E-state index in [4.69, 9.17) is 4.74 Å².